The number of hydrogen-bond donors (Lipinski definition) is 4. The van der Waals surface area contributed by atoms with E-state index in [2.05, 4.69) is 10.6 Å². The van der Waals surface area contributed by atoms with Crippen molar-refractivity contribution in [3.05, 3.63) is 48.5 Å². The molecule has 2 aromatic rings. The summed E-state index contributed by atoms with van der Waals surface area (Å²) < 4.78 is 11.3. The summed E-state index contributed by atoms with van der Waals surface area (Å²) >= 11 is 0. The normalized spacial score (nSPS) is 13.5. The fourth-order valence-corrected chi connectivity index (χ4v) is 2.73. The summed E-state index contributed by atoms with van der Waals surface area (Å²) in [4.78, 5) is 0. The maximum Gasteiger partial charge on any atom is 0.119 e. The van der Waals surface area contributed by atoms with Gasteiger partial charge in [-0.05, 0) is 35.4 Å². The summed E-state index contributed by atoms with van der Waals surface area (Å²) in [5, 5.41) is 26.2. The van der Waals surface area contributed by atoms with Crippen LogP contribution in [0, 0.1) is 0 Å². The van der Waals surface area contributed by atoms with Crippen LogP contribution in [0.5, 0.6) is 11.5 Å². The van der Waals surface area contributed by atoms with Gasteiger partial charge in [0.05, 0.1) is 0 Å². The van der Waals surface area contributed by atoms with Crippen molar-refractivity contribution in [2.75, 3.05) is 26.3 Å². The standard InChI is InChI=1S/C24H36N2O4/c1-17(2)25-13-21(27)15-29-23-9-5-19(6-10-23)20-7-11-24(12-8-20)30-16-22(28)14-26-18(3)4/h5-12,17-18,21-22,25-28H,13-16H2,1-4H3. The third-order valence-corrected chi connectivity index (χ3v) is 4.45. The van der Waals surface area contributed by atoms with Gasteiger partial charge in [-0.15, -0.1) is 0 Å². The molecule has 4 N–H and O–H groups in total. The summed E-state index contributed by atoms with van der Waals surface area (Å²) in [6.45, 7) is 9.69. The molecule has 0 saturated carbocycles. The Morgan fingerprint density at radius 3 is 1.27 bits per heavy atom. The third kappa shape index (κ3) is 9.13. The summed E-state index contributed by atoms with van der Waals surface area (Å²) in [5.74, 6) is 1.46. The van der Waals surface area contributed by atoms with Crippen LogP contribution in [0.3, 0.4) is 0 Å². The van der Waals surface area contributed by atoms with Crippen molar-refractivity contribution in [1.29, 1.82) is 0 Å². The van der Waals surface area contributed by atoms with Gasteiger partial charge in [0.15, 0.2) is 0 Å². The molecule has 0 bridgehead atoms. The van der Waals surface area contributed by atoms with Crippen LogP contribution in [0.15, 0.2) is 48.5 Å². The molecular formula is C24H36N2O4. The van der Waals surface area contributed by atoms with Crippen LogP contribution >= 0.6 is 0 Å². The zero-order valence-corrected chi connectivity index (χ0v) is 18.5. The van der Waals surface area contributed by atoms with E-state index in [1.165, 1.54) is 0 Å². The molecule has 0 aromatic heterocycles. The summed E-state index contributed by atoms with van der Waals surface area (Å²) in [6.07, 6.45) is -1.08. The Morgan fingerprint density at radius 1 is 0.633 bits per heavy atom. The first kappa shape index (κ1) is 24.2. The fourth-order valence-electron chi connectivity index (χ4n) is 2.73. The van der Waals surface area contributed by atoms with Gasteiger partial charge in [0.1, 0.15) is 36.9 Å². The van der Waals surface area contributed by atoms with Crippen molar-refractivity contribution in [3.8, 4) is 22.6 Å². The molecule has 166 valence electrons. The zero-order chi connectivity index (χ0) is 21.9. The second kappa shape index (κ2) is 12.5. The van der Waals surface area contributed by atoms with E-state index >= 15 is 0 Å². The Balaban J connectivity index is 1.80. The van der Waals surface area contributed by atoms with Gasteiger partial charge in [0, 0.05) is 25.2 Å². The highest BCUT2D eigenvalue weighted by atomic mass is 16.5. The minimum atomic E-state index is -0.542. The van der Waals surface area contributed by atoms with Gasteiger partial charge in [0.25, 0.3) is 0 Å². The Hall–Kier alpha value is -2.12. The van der Waals surface area contributed by atoms with E-state index in [0.717, 1.165) is 22.6 Å². The largest absolute Gasteiger partial charge is 0.491 e. The second-order valence-corrected chi connectivity index (χ2v) is 8.10. The van der Waals surface area contributed by atoms with E-state index in [0.29, 0.717) is 25.2 Å². The Kier molecular flexibility index (Phi) is 10.1. The average Bonchev–Trinajstić information content (AvgIpc) is 2.74. The van der Waals surface area contributed by atoms with Gasteiger partial charge in [-0.25, -0.2) is 0 Å². The van der Waals surface area contributed by atoms with Gasteiger partial charge in [0.2, 0.25) is 0 Å². The molecule has 0 aliphatic rings. The van der Waals surface area contributed by atoms with Crippen molar-refractivity contribution in [1.82, 2.24) is 10.6 Å². The lowest BCUT2D eigenvalue weighted by Gasteiger charge is -2.15. The molecule has 6 nitrogen and oxygen atoms in total. The molecule has 2 aromatic carbocycles. The van der Waals surface area contributed by atoms with E-state index in [-0.39, 0.29) is 13.2 Å². The molecular weight excluding hydrogens is 380 g/mol. The number of rotatable bonds is 13. The number of ether oxygens (including phenoxy) is 2. The number of benzene rings is 2. The van der Waals surface area contributed by atoms with Crippen molar-refractivity contribution in [2.45, 2.75) is 52.0 Å². The number of hydrogen-bond acceptors (Lipinski definition) is 6. The molecule has 0 spiro atoms. The lowest BCUT2D eigenvalue weighted by molar-refractivity contribution is 0.104. The van der Waals surface area contributed by atoms with Crippen molar-refractivity contribution < 1.29 is 19.7 Å². The molecule has 0 aliphatic carbocycles. The highest BCUT2D eigenvalue weighted by Gasteiger charge is 2.08. The van der Waals surface area contributed by atoms with Crippen LogP contribution in [0.1, 0.15) is 27.7 Å². The molecule has 0 fully saturated rings. The van der Waals surface area contributed by atoms with Gasteiger partial charge < -0.3 is 30.3 Å². The van der Waals surface area contributed by atoms with Crippen molar-refractivity contribution in [3.63, 3.8) is 0 Å². The Labute approximate surface area is 180 Å². The Morgan fingerprint density at radius 2 is 0.967 bits per heavy atom. The summed E-state index contributed by atoms with van der Waals surface area (Å²) in [6, 6.07) is 16.2. The highest BCUT2D eigenvalue weighted by Crippen LogP contribution is 2.24. The van der Waals surface area contributed by atoms with E-state index in [4.69, 9.17) is 9.47 Å². The molecule has 0 saturated heterocycles. The number of aliphatic hydroxyl groups is 2. The Bertz CT molecular complexity index is 653. The molecule has 0 amide bonds. The minimum absolute atomic E-state index is 0.254. The quantitative estimate of drug-likeness (QED) is 0.402. The van der Waals surface area contributed by atoms with Crippen LogP contribution in [-0.4, -0.2) is 60.8 Å². The monoisotopic (exact) mass is 416 g/mol. The van der Waals surface area contributed by atoms with Gasteiger partial charge >= 0.3 is 0 Å². The summed E-state index contributed by atoms with van der Waals surface area (Å²) in [7, 11) is 0. The first-order valence-corrected chi connectivity index (χ1v) is 10.6. The highest BCUT2D eigenvalue weighted by molar-refractivity contribution is 5.64. The first-order valence-electron chi connectivity index (χ1n) is 10.6. The van der Waals surface area contributed by atoms with Crippen LogP contribution in [0.25, 0.3) is 11.1 Å². The molecule has 0 heterocycles. The van der Waals surface area contributed by atoms with Crippen LogP contribution in [-0.2, 0) is 0 Å². The second-order valence-electron chi connectivity index (χ2n) is 8.10. The zero-order valence-electron chi connectivity index (χ0n) is 18.5. The third-order valence-electron chi connectivity index (χ3n) is 4.45. The fraction of sp³-hybridized carbons (Fsp3) is 0.500. The molecule has 0 radical (unpaired) electrons. The molecule has 30 heavy (non-hydrogen) atoms. The van der Waals surface area contributed by atoms with E-state index in [1.54, 1.807) is 0 Å². The van der Waals surface area contributed by atoms with Crippen LogP contribution in [0.4, 0.5) is 0 Å². The predicted octanol–water partition coefficient (Wildman–Crippen LogP) is 2.83. The molecule has 2 unspecified atom stereocenters. The predicted molar refractivity (Wildman–Crippen MR) is 121 cm³/mol. The van der Waals surface area contributed by atoms with Crippen LogP contribution < -0.4 is 20.1 Å². The maximum atomic E-state index is 9.93. The molecule has 6 heteroatoms. The number of aliphatic hydroxyl groups excluding tert-OH is 2. The average molecular weight is 417 g/mol. The van der Waals surface area contributed by atoms with E-state index < -0.39 is 12.2 Å². The smallest absolute Gasteiger partial charge is 0.119 e. The van der Waals surface area contributed by atoms with E-state index in [9.17, 15) is 10.2 Å². The van der Waals surface area contributed by atoms with Crippen molar-refractivity contribution >= 4 is 0 Å². The van der Waals surface area contributed by atoms with Gasteiger partial charge in [-0.3, -0.25) is 0 Å². The molecule has 2 atom stereocenters. The topological polar surface area (TPSA) is 83.0 Å². The van der Waals surface area contributed by atoms with E-state index in [1.807, 2.05) is 76.2 Å². The molecule has 2 rings (SSSR count). The lowest BCUT2D eigenvalue weighted by atomic mass is 10.1. The minimum Gasteiger partial charge on any atom is -0.491 e. The van der Waals surface area contributed by atoms with Gasteiger partial charge in [-0.2, -0.15) is 0 Å². The maximum absolute atomic E-state index is 9.93. The van der Waals surface area contributed by atoms with Crippen LogP contribution in [0.2, 0.25) is 0 Å². The molecule has 0 aliphatic heterocycles. The van der Waals surface area contributed by atoms with Gasteiger partial charge in [-0.1, -0.05) is 52.0 Å². The SMILES string of the molecule is CC(C)NCC(O)COc1ccc(-c2ccc(OCC(O)CNC(C)C)cc2)cc1. The summed E-state index contributed by atoms with van der Waals surface area (Å²) in [5.41, 5.74) is 2.13. The first-order chi connectivity index (χ1) is 14.3. The lowest BCUT2D eigenvalue weighted by Crippen LogP contribution is -2.35. The van der Waals surface area contributed by atoms with Crippen molar-refractivity contribution in [2.24, 2.45) is 0 Å². The number of nitrogens with one attached hydrogen (secondary N) is 2.